The number of nitrogens with zero attached hydrogens (tertiary/aromatic N) is 2. The molecule has 0 amide bonds. The molecule has 0 aliphatic rings. The molecule has 0 aliphatic heterocycles. The van der Waals surface area contributed by atoms with Crippen LogP contribution in [0.3, 0.4) is 0 Å². The first-order valence-corrected chi connectivity index (χ1v) is 9.42. The Labute approximate surface area is 145 Å². The molecule has 0 N–H and O–H groups in total. The predicted octanol–water partition coefficient (Wildman–Crippen LogP) is 2.89. The van der Waals surface area contributed by atoms with E-state index in [1.807, 2.05) is 0 Å². The van der Waals surface area contributed by atoms with Gasteiger partial charge in [0, 0.05) is 18.7 Å². The molecule has 2 aromatic carbocycles. The van der Waals surface area contributed by atoms with Gasteiger partial charge in [0.15, 0.2) is 0 Å². The third kappa shape index (κ3) is 3.20. The number of rotatable bonds is 5. The summed E-state index contributed by atoms with van der Waals surface area (Å²) in [6.45, 7) is 4.34. The molecule has 7 heteroatoms. The fraction of sp³-hybridized carbons (Fsp3) is 0.222. The molecule has 0 unspecified atom stereocenters. The summed E-state index contributed by atoms with van der Waals surface area (Å²) >= 11 is 0. The van der Waals surface area contributed by atoms with Crippen LogP contribution in [0.4, 0.5) is 0 Å². The summed E-state index contributed by atoms with van der Waals surface area (Å²) in [5, 5.41) is 0.387. The minimum Gasteiger partial charge on any atom is -0.403 e. The maximum absolute atomic E-state index is 12.7. The monoisotopic (exact) mass is 358 g/mol. The fourth-order valence-corrected chi connectivity index (χ4v) is 4.15. The molecule has 6 nitrogen and oxygen atoms in total. The van der Waals surface area contributed by atoms with Crippen LogP contribution in [0.2, 0.25) is 0 Å². The van der Waals surface area contributed by atoms with E-state index in [0.717, 1.165) is 0 Å². The normalized spacial score (nSPS) is 12.0. The number of fused-ring (bicyclic) bond motifs is 1. The number of hydrogen-bond donors (Lipinski definition) is 0. The van der Waals surface area contributed by atoms with Crippen molar-refractivity contribution in [3.05, 3.63) is 59.0 Å². The van der Waals surface area contributed by atoms with E-state index in [1.165, 1.54) is 16.4 Å². The summed E-state index contributed by atoms with van der Waals surface area (Å²) < 4.78 is 32.0. The van der Waals surface area contributed by atoms with Gasteiger partial charge in [0.25, 0.3) is 0 Å². The molecule has 25 heavy (non-hydrogen) atoms. The van der Waals surface area contributed by atoms with E-state index in [9.17, 15) is 13.2 Å². The molecule has 130 valence electrons. The SMILES string of the molecule is CCN(CC)S(=O)(=O)c1cccc(-c2nc3ccccc3c(=O)o2)c1. The van der Waals surface area contributed by atoms with Gasteiger partial charge < -0.3 is 4.42 Å². The van der Waals surface area contributed by atoms with Crippen molar-refractivity contribution < 1.29 is 12.8 Å². The molecule has 0 spiro atoms. The molecule has 3 aromatic rings. The van der Waals surface area contributed by atoms with E-state index < -0.39 is 15.6 Å². The Morgan fingerprint density at radius 1 is 1.04 bits per heavy atom. The summed E-state index contributed by atoms with van der Waals surface area (Å²) in [6, 6.07) is 13.1. The minimum atomic E-state index is -3.60. The van der Waals surface area contributed by atoms with Crippen LogP contribution in [-0.4, -0.2) is 30.8 Å². The smallest absolute Gasteiger partial charge is 0.347 e. The van der Waals surface area contributed by atoms with Crippen molar-refractivity contribution in [2.24, 2.45) is 0 Å². The van der Waals surface area contributed by atoms with Gasteiger partial charge in [0.1, 0.15) is 0 Å². The molecule has 0 saturated heterocycles. The second kappa shape index (κ2) is 6.78. The molecule has 3 rings (SSSR count). The quantitative estimate of drug-likeness (QED) is 0.700. The van der Waals surface area contributed by atoms with Crippen LogP contribution in [0.25, 0.3) is 22.4 Å². The zero-order chi connectivity index (χ0) is 18.0. The Balaban J connectivity index is 2.13. The highest BCUT2D eigenvalue weighted by molar-refractivity contribution is 7.89. The number of sulfonamides is 1. The summed E-state index contributed by atoms with van der Waals surface area (Å²) in [5.41, 5.74) is 0.444. The first kappa shape index (κ1) is 17.3. The van der Waals surface area contributed by atoms with Crippen molar-refractivity contribution in [1.29, 1.82) is 0 Å². The molecule has 0 saturated carbocycles. The van der Waals surface area contributed by atoms with Gasteiger partial charge in [-0.1, -0.05) is 32.0 Å². The third-order valence-electron chi connectivity index (χ3n) is 3.96. The Bertz CT molecular complexity index is 1070. The van der Waals surface area contributed by atoms with Crippen LogP contribution in [0.5, 0.6) is 0 Å². The Morgan fingerprint density at radius 3 is 2.48 bits per heavy atom. The predicted molar refractivity (Wildman–Crippen MR) is 95.8 cm³/mol. The molecule has 0 fully saturated rings. The maximum Gasteiger partial charge on any atom is 0.347 e. The summed E-state index contributed by atoms with van der Waals surface area (Å²) in [7, 11) is -3.60. The van der Waals surface area contributed by atoms with Crippen LogP contribution in [-0.2, 0) is 10.0 Å². The van der Waals surface area contributed by atoms with Crippen molar-refractivity contribution >= 4 is 20.9 Å². The largest absolute Gasteiger partial charge is 0.403 e. The van der Waals surface area contributed by atoms with E-state index in [1.54, 1.807) is 50.2 Å². The van der Waals surface area contributed by atoms with Crippen molar-refractivity contribution in [3.8, 4) is 11.5 Å². The zero-order valence-electron chi connectivity index (χ0n) is 14.0. The molecule has 0 bridgehead atoms. The highest BCUT2D eigenvalue weighted by atomic mass is 32.2. The van der Waals surface area contributed by atoms with Crippen molar-refractivity contribution in [2.45, 2.75) is 18.7 Å². The van der Waals surface area contributed by atoms with E-state index in [2.05, 4.69) is 4.98 Å². The molecule has 1 heterocycles. The average Bonchev–Trinajstić information content (AvgIpc) is 2.62. The molecule has 0 aliphatic carbocycles. The van der Waals surface area contributed by atoms with Gasteiger partial charge in [-0.25, -0.2) is 18.2 Å². The highest BCUT2D eigenvalue weighted by Crippen LogP contribution is 2.23. The van der Waals surface area contributed by atoms with Gasteiger partial charge in [0.2, 0.25) is 15.9 Å². The summed E-state index contributed by atoms with van der Waals surface area (Å²) in [5.74, 6) is 0.0975. The van der Waals surface area contributed by atoms with Gasteiger partial charge in [0.05, 0.1) is 15.8 Å². The first-order valence-electron chi connectivity index (χ1n) is 7.98. The molecular weight excluding hydrogens is 340 g/mol. The lowest BCUT2D eigenvalue weighted by atomic mass is 10.2. The molecule has 0 atom stereocenters. The molecule has 0 radical (unpaired) electrons. The molecular formula is C18H18N2O4S. The zero-order valence-corrected chi connectivity index (χ0v) is 14.8. The van der Waals surface area contributed by atoms with E-state index >= 15 is 0 Å². The number of hydrogen-bond acceptors (Lipinski definition) is 5. The van der Waals surface area contributed by atoms with E-state index in [0.29, 0.717) is 29.6 Å². The molecule has 1 aromatic heterocycles. The lowest BCUT2D eigenvalue weighted by Gasteiger charge is -2.18. The Morgan fingerprint density at radius 2 is 1.76 bits per heavy atom. The van der Waals surface area contributed by atoms with Gasteiger partial charge >= 0.3 is 5.63 Å². The van der Waals surface area contributed by atoms with Crippen molar-refractivity contribution in [1.82, 2.24) is 9.29 Å². The minimum absolute atomic E-state index is 0.0975. The maximum atomic E-state index is 12.7. The van der Waals surface area contributed by atoms with Gasteiger partial charge in [-0.05, 0) is 30.3 Å². The topological polar surface area (TPSA) is 80.5 Å². The van der Waals surface area contributed by atoms with Crippen LogP contribution >= 0.6 is 0 Å². The second-order valence-corrected chi connectivity index (χ2v) is 7.38. The lowest BCUT2D eigenvalue weighted by molar-refractivity contribution is 0.445. The van der Waals surface area contributed by atoms with Crippen LogP contribution < -0.4 is 5.63 Å². The van der Waals surface area contributed by atoms with E-state index in [4.69, 9.17) is 4.42 Å². The van der Waals surface area contributed by atoms with E-state index in [-0.39, 0.29) is 10.8 Å². The number of aromatic nitrogens is 1. The van der Waals surface area contributed by atoms with Crippen LogP contribution in [0.15, 0.2) is 62.6 Å². The van der Waals surface area contributed by atoms with Gasteiger partial charge in [-0.3, -0.25) is 0 Å². The third-order valence-corrected chi connectivity index (χ3v) is 6.01. The highest BCUT2D eigenvalue weighted by Gasteiger charge is 2.22. The van der Waals surface area contributed by atoms with Gasteiger partial charge in [-0.2, -0.15) is 4.31 Å². The lowest BCUT2D eigenvalue weighted by Crippen LogP contribution is -2.30. The fourth-order valence-electron chi connectivity index (χ4n) is 2.64. The van der Waals surface area contributed by atoms with Crippen molar-refractivity contribution in [3.63, 3.8) is 0 Å². The van der Waals surface area contributed by atoms with Gasteiger partial charge in [-0.15, -0.1) is 0 Å². The van der Waals surface area contributed by atoms with Crippen molar-refractivity contribution in [2.75, 3.05) is 13.1 Å². The Kier molecular flexibility index (Phi) is 4.69. The standard InChI is InChI=1S/C18H18N2O4S/c1-3-20(4-2)25(22,23)14-9-7-8-13(12-14)17-19-16-11-6-5-10-15(16)18(21)24-17/h5-12H,3-4H2,1-2H3. The second-order valence-electron chi connectivity index (χ2n) is 5.44. The Hall–Kier alpha value is -2.51. The summed E-state index contributed by atoms with van der Waals surface area (Å²) in [4.78, 5) is 16.6. The van der Waals surface area contributed by atoms with Crippen LogP contribution in [0, 0.1) is 0 Å². The van der Waals surface area contributed by atoms with Crippen LogP contribution in [0.1, 0.15) is 13.8 Å². The summed E-state index contributed by atoms with van der Waals surface area (Å²) in [6.07, 6.45) is 0. The number of para-hydroxylation sites is 1. The first-order chi connectivity index (χ1) is 12.0. The number of benzene rings is 2. The average molecular weight is 358 g/mol.